The summed E-state index contributed by atoms with van der Waals surface area (Å²) >= 11 is 6.48. The number of hydrogen-bond donors (Lipinski definition) is 2. The number of carbonyl (C=O) groups is 2. The summed E-state index contributed by atoms with van der Waals surface area (Å²) in [6.07, 6.45) is 4.52. The first-order valence-electron chi connectivity index (χ1n) is 12.8. The van der Waals surface area contributed by atoms with Gasteiger partial charge in [-0.25, -0.2) is 0 Å². The first kappa shape index (κ1) is 28.0. The molecular weight excluding hydrogens is 562 g/mol. The van der Waals surface area contributed by atoms with Gasteiger partial charge in [0.05, 0.1) is 30.2 Å². The van der Waals surface area contributed by atoms with Crippen molar-refractivity contribution in [3.8, 4) is 34.2 Å². The molecular formula is C30H28ClN5O2S2. The highest BCUT2D eigenvalue weighted by Gasteiger charge is 2.26. The first-order chi connectivity index (χ1) is 19.5. The van der Waals surface area contributed by atoms with Gasteiger partial charge in [0.25, 0.3) is 5.91 Å². The van der Waals surface area contributed by atoms with Crippen molar-refractivity contribution in [1.29, 1.82) is 0 Å². The summed E-state index contributed by atoms with van der Waals surface area (Å²) in [6, 6.07) is 19.2. The Bertz CT molecular complexity index is 1550. The third-order valence-corrected chi connectivity index (χ3v) is 9.65. The van der Waals surface area contributed by atoms with Crippen LogP contribution in [-0.2, 0) is 17.9 Å². The standard InChI is InChI=1S/C30H28ClN5O2S2/c1-35(30(38)27-13-16-39-40-27)14-7-8-15-36-20-22(17-26(36)29(37)32-18-21-9-3-2-4-10-21)28-24(19-33-34-28)23-11-5-6-12-25(23)31/h2-6,9-12,17,19-20,27H,13-16,18H2,1H3,(H,32,37)(H,33,34). The van der Waals surface area contributed by atoms with E-state index in [-0.39, 0.29) is 17.1 Å². The number of carbonyl (C=O) groups excluding carboxylic acids is 2. The Morgan fingerprint density at radius 3 is 2.73 bits per heavy atom. The first-order valence-corrected chi connectivity index (χ1v) is 15.6. The second-order valence-corrected chi connectivity index (χ2v) is 12.4. The third kappa shape index (κ3) is 6.58. The molecule has 2 amide bonds. The molecule has 3 heterocycles. The number of nitrogens with zero attached hydrogens (tertiary/aromatic N) is 3. The number of benzene rings is 2. The van der Waals surface area contributed by atoms with Crippen LogP contribution in [0.1, 0.15) is 22.5 Å². The van der Waals surface area contributed by atoms with Gasteiger partial charge in [0.2, 0.25) is 5.91 Å². The van der Waals surface area contributed by atoms with Gasteiger partial charge in [-0.1, -0.05) is 93.6 Å². The smallest absolute Gasteiger partial charge is 0.268 e. The number of aromatic nitrogens is 3. The Morgan fingerprint density at radius 1 is 1.15 bits per heavy atom. The molecule has 7 nitrogen and oxygen atoms in total. The van der Waals surface area contributed by atoms with E-state index >= 15 is 0 Å². The van der Waals surface area contributed by atoms with Gasteiger partial charge in [-0.2, -0.15) is 5.10 Å². The van der Waals surface area contributed by atoms with E-state index in [0.717, 1.165) is 40.1 Å². The predicted octanol–water partition coefficient (Wildman–Crippen LogP) is 5.74. The fraction of sp³-hybridized carbons (Fsp3) is 0.233. The van der Waals surface area contributed by atoms with Crippen LogP contribution in [0.15, 0.2) is 73.1 Å². The van der Waals surface area contributed by atoms with Crippen LogP contribution in [0.4, 0.5) is 0 Å². The number of halogens is 1. The Kier molecular flexibility index (Phi) is 9.22. The topological polar surface area (TPSA) is 83.0 Å². The molecule has 2 aromatic heterocycles. The van der Waals surface area contributed by atoms with E-state index in [1.165, 1.54) is 0 Å². The van der Waals surface area contributed by atoms with E-state index in [1.54, 1.807) is 39.7 Å². The molecule has 1 unspecified atom stereocenters. The van der Waals surface area contributed by atoms with Crippen LogP contribution in [0, 0.1) is 11.8 Å². The normalized spacial score (nSPS) is 14.4. The molecule has 10 heteroatoms. The van der Waals surface area contributed by atoms with Crippen molar-refractivity contribution in [2.75, 3.05) is 19.3 Å². The molecule has 1 saturated heterocycles. The molecule has 1 aliphatic heterocycles. The van der Waals surface area contributed by atoms with Crippen LogP contribution >= 0.6 is 33.2 Å². The van der Waals surface area contributed by atoms with E-state index in [9.17, 15) is 9.59 Å². The third-order valence-electron chi connectivity index (χ3n) is 6.51. The molecule has 5 rings (SSSR count). The second-order valence-electron chi connectivity index (χ2n) is 9.29. The molecule has 40 heavy (non-hydrogen) atoms. The van der Waals surface area contributed by atoms with E-state index in [0.29, 0.717) is 30.4 Å². The summed E-state index contributed by atoms with van der Waals surface area (Å²) in [6.45, 7) is 1.03. The number of nitrogens with one attached hydrogen (secondary N) is 2. The Hall–Kier alpha value is -3.58. The zero-order valence-electron chi connectivity index (χ0n) is 21.9. The molecule has 1 fully saturated rings. The van der Waals surface area contributed by atoms with Crippen LogP contribution in [0.25, 0.3) is 22.4 Å². The van der Waals surface area contributed by atoms with Crippen LogP contribution in [0.3, 0.4) is 0 Å². The number of aromatic amines is 1. The van der Waals surface area contributed by atoms with Gasteiger partial charge in [-0.15, -0.1) is 0 Å². The zero-order valence-corrected chi connectivity index (χ0v) is 24.3. The molecule has 0 aliphatic carbocycles. The molecule has 0 bridgehead atoms. The lowest BCUT2D eigenvalue weighted by molar-refractivity contribution is -0.128. The fourth-order valence-electron chi connectivity index (χ4n) is 4.36. The van der Waals surface area contributed by atoms with Crippen LogP contribution in [0.5, 0.6) is 0 Å². The van der Waals surface area contributed by atoms with Gasteiger partial charge in [0.15, 0.2) is 0 Å². The second kappa shape index (κ2) is 13.2. The number of amides is 2. The minimum atomic E-state index is -0.209. The summed E-state index contributed by atoms with van der Waals surface area (Å²) in [5, 5.41) is 11.0. The lowest BCUT2D eigenvalue weighted by Crippen LogP contribution is -2.33. The summed E-state index contributed by atoms with van der Waals surface area (Å²) in [5.41, 5.74) is 4.73. The number of hydrogen-bond acceptors (Lipinski definition) is 5. The Balaban J connectivity index is 1.38. The van der Waals surface area contributed by atoms with Crippen LogP contribution in [0.2, 0.25) is 5.02 Å². The monoisotopic (exact) mass is 589 g/mol. The SMILES string of the molecule is CN(CC#CCn1cc(-c2[nH]ncc2-c2ccccc2Cl)cc1C(=O)NCc1ccccc1)C(=O)C1CCSS1. The molecule has 0 spiro atoms. The maximum atomic E-state index is 13.3. The van der Waals surface area contributed by atoms with Crippen molar-refractivity contribution in [2.24, 2.45) is 0 Å². The minimum Gasteiger partial charge on any atom is -0.347 e. The van der Waals surface area contributed by atoms with E-state index in [4.69, 9.17) is 11.6 Å². The molecule has 204 valence electrons. The van der Waals surface area contributed by atoms with Crippen LogP contribution < -0.4 is 5.32 Å². The maximum Gasteiger partial charge on any atom is 0.268 e. The number of rotatable bonds is 8. The average Bonchev–Trinajstić information content (AvgIpc) is 3.75. The lowest BCUT2D eigenvalue weighted by Gasteiger charge is -2.17. The summed E-state index contributed by atoms with van der Waals surface area (Å²) in [7, 11) is 5.16. The van der Waals surface area contributed by atoms with E-state index in [2.05, 4.69) is 27.4 Å². The predicted molar refractivity (Wildman–Crippen MR) is 164 cm³/mol. The molecule has 0 radical (unpaired) electrons. The summed E-state index contributed by atoms with van der Waals surface area (Å²) in [4.78, 5) is 27.6. The van der Waals surface area contributed by atoms with Gasteiger partial charge in [-0.3, -0.25) is 14.7 Å². The molecule has 0 saturated carbocycles. The van der Waals surface area contributed by atoms with Gasteiger partial charge < -0.3 is 14.8 Å². The van der Waals surface area contributed by atoms with Crippen molar-refractivity contribution >= 4 is 45.0 Å². The maximum absolute atomic E-state index is 13.3. The van der Waals surface area contributed by atoms with Crippen molar-refractivity contribution in [3.63, 3.8) is 0 Å². The highest BCUT2D eigenvalue weighted by Crippen LogP contribution is 2.38. The van der Waals surface area contributed by atoms with Gasteiger partial charge in [0.1, 0.15) is 5.69 Å². The van der Waals surface area contributed by atoms with Crippen molar-refractivity contribution in [1.82, 2.24) is 25.0 Å². The molecule has 2 N–H and O–H groups in total. The fourth-order valence-corrected chi connectivity index (χ4v) is 7.43. The Labute approximate surface area is 246 Å². The molecule has 2 aromatic carbocycles. The number of H-pyrrole nitrogens is 1. The van der Waals surface area contributed by atoms with Gasteiger partial charge >= 0.3 is 0 Å². The van der Waals surface area contributed by atoms with Crippen LogP contribution in [-0.4, -0.2) is 56.1 Å². The van der Waals surface area contributed by atoms with Gasteiger partial charge in [0, 0.05) is 47.3 Å². The van der Waals surface area contributed by atoms with Crippen molar-refractivity contribution < 1.29 is 9.59 Å². The van der Waals surface area contributed by atoms with E-state index < -0.39 is 0 Å². The van der Waals surface area contributed by atoms with E-state index in [1.807, 2.05) is 71.4 Å². The highest BCUT2D eigenvalue weighted by molar-refractivity contribution is 8.77. The molecule has 1 atom stereocenters. The summed E-state index contributed by atoms with van der Waals surface area (Å²) in [5.74, 6) is 7.14. The molecule has 4 aromatic rings. The highest BCUT2D eigenvalue weighted by atomic mass is 35.5. The van der Waals surface area contributed by atoms with Crippen molar-refractivity contribution in [2.45, 2.75) is 24.8 Å². The van der Waals surface area contributed by atoms with Gasteiger partial charge in [-0.05, 0) is 24.1 Å². The lowest BCUT2D eigenvalue weighted by atomic mass is 10.0. The Morgan fingerprint density at radius 2 is 1.95 bits per heavy atom. The summed E-state index contributed by atoms with van der Waals surface area (Å²) < 4.78 is 1.82. The largest absolute Gasteiger partial charge is 0.347 e. The zero-order chi connectivity index (χ0) is 27.9. The van der Waals surface area contributed by atoms with Crippen molar-refractivity contribution in [3.05, 3.63) is 89.3 Å². The average molecular weight is 590 g/mol. The quantitative estimate of drug-likeness (QED) is 0.202. The molecule has 1 aliphatic rings. The minimum absolute atomic E-state index is 0.00504.